The number of nitrogens with zero attached hydrogens (tertiary/aromatic N) is 3. The van der Waals surface area contributed by atoms with Gasteiger partial charge in [0.15, 0.2) is 0 Å². The van der Waals surface area contributed by atoms with Gasteiger partial charge in [-0.1, -0.05) is 34.1 Å². The van der Waals surface area contributed by atoms with Crippen molar-refractivity contribution in [3.05, 3.63) is 108 Å². The molecule has 3 aromatic carbocycles. The van der Waals surface area contributed by atoms with Crippen LogP contribution in [0.15, 0.2) is 76.3 Å². The normalized spacial score (nSPS) is 10.6. The summed E-state index contributed by atoms with van der Waals surface area (Å²) in [4.78, 5) is 45.1. The smallest absolute Gasteiger partial charge is 0.344 e. The summed E-state index contributed by atoms with van der Waals surface area (Å²) in [5.74, 6) is -1.49. The fraction of sp³-hybridized carbons (Fsp3) is 0. The minimum absolute atomic E-state index is 0.00932. The quantitative estimate of drug-likeness (QED) is 0.163. The van der Waals surface area contributed by atoms with Crippen LogP contribution in [-0.2, 0) is 0 Å². The lowest BCUT2D eigenvalue weighted by Crippen LogP contribution is -2.17. The van der Waals surface area contributed by atoms with Gasteiger partial charge in [-0.3, -0.25) is 25.0 Å². The van der Waals surface area contributed by atoms with Crippen molar-refractivity contribution >= 4 is 45.4 Å². The molecule has 3 rings (SSSR count). The average molecular weight is 513 g/mol. The molecule has 0 atom stereocenters. The molecule has 12 heteroatoms. The van der Waals surface area contributed by atoms with Crippen molar-refractivity contribution in [3.8, 4) is 5.75 Å². The Morgan fingerprint density at radius 2 is 1.55 bits per heavy atom. The van der Waals surface area contributed by atoms with Crippen LogP contribution in [0.25, 0.3) is 0 Å². The van der Waals surface area contributed by atoms with Gasteiger partial charge in [-0.2, -0.15) is 5.10 Å². The lowest BCUT2D eigenvalue weighted by atomic mass is 10.1. The Kier molecular flexibility index (Phi) is 7.20. The number of carbonyl (C=O) groups is 2. The highest BCUT2D eigenvalue weighted by molar-refractivity contribution is 9.10. The molecule has 0 saturated carbocycles. The molecule has 11 nitrogen and oxygen atoms in total. The van der Waals surface area contributed by atoms with E-state index < -0.39 is 33.1 Å². The van der Waals surface area contributed by atoms with Crippen LogP contribution in [0.3, 0.4) is 0 Å². The van der Waals surface area contributed by atoms with Crippen LogP contribution < -0.4 is 10.2 Å². The number of non-ortho nitro benzene ring substituents is 2. The summed E-state index contributed by atoms with van der Waals surface area (Å²) in [6.07, 6.45) is 1.24. The Morgan fingerprint density at radius 3 is 2.15 bits per heavy atom. The van der Waals surface area contributed by atoms with E-state index in [9.17, 15) is 29.8 Å². The second-order valence-electron chi connectivity index (χ2n) is 6.39. The van der Waals surface area contributed by atoms with Crippen LogP contribution in [0.5, 0.6) is 5.75 Å². The second kappa shape index (κ2) is 10.2. The van der Waals surface area contributed by atoms with E-state index in [0.29, 0.717) is 10.0 Å². The van der Waals surface area contributed by atoms with E-state index in [4.69, 9.17) is 4.74 Å². The second-order valence-corrected chi connectivity index (χ2v) is 7.30. The first-order valence-corrected chi connectivity index (χ1v) is 9.88. The van der Waals surface area contributed by atoms with Gasteiger partial charge in [0.25, 0.3) is 17.3 Å². The first-order valence-electron chi connectivity index (χ1n) is 9.08. The SMILES string of the molecule is O=C(N/N=C\c1cc(Br)ccc1OC(=O)c1cc([N+](=O)[O-])cc([N+](=O)[O-])c1)c1ccccc1. The van der Waals surface area contributed by atoms with Gasteiger partial charge in [-0.25, -0.2) is 10.2 Å². The van der Waals surface area contributed by atoms with Gasteiger partial charge >= 0.3 is 5.97 Å². The van der Waals surface area contributed by atoms with Crippen LogP contribution in [0.4, 0.5) is 11.4 Å². The van der Waals surface area contributed by atoms with E-state index in [0.717, 1.165) is 18.2 Å². The molecule has 0 spiro atoms. The minimum atomic E-state index is -1.05. The number of amides is 1. The number of carbonyl (C=O) groups excluding carboxylic acids is 2. The standard InChI is InChI=1S/C21H13BrN4O7/c22-16-6-7-19(15(8-16)12-23-24-20(27)13-4-2-1-3-5-13)33-21(28)14-9-17(25(29)30)11-18(10-14)26(31)32/h1-12H,(H,24,27)/b23-12-. The van der Waals surface area contributed by atoms with Crippen molar-refractivity contribution in [1.82, 2.24) is 5.43 Å². The third kappa shape index (κ3) is 6.04. The van der Waals surface area contributed by atoms with Crippen LogP contribution in [-0.4, -0.2) is 27.9 Å². The topological polar surface area (TPSA) is 154 Å². The molecule has 0 aliphatic rings. The van der Waals surface area contributed by atoms with Crippen molar-refractivity contribution < 1.29 is 24.2 Å². The molecule has 0 saturated heterocycles. The van der Waals surface area contributed by atoms with Crippen LogP contribution in [0, 0.1) is 20.2 Å². The van der Waals surface area contributed by atoms with Gasteiger partial charge in [0.2, 0.25) is 0 Å². The monoisotopic (exact) mass is 512 g/mol. The summed E-state index contributed by atoms with van der Waals surface area (Å²) in [6.45, 7) is 0. The van der Waals surface area contributed by atoms with Crippen molar-refractivity contribution in [2.45, 2.75) is 0 Å². The third-order valence-electron chi connectivity index (χ3n) is 4.14. The van der Waals surface area contributed by atoms with Gasteiger partial charge in [-0.15, -0.1) is 0 Å². The molecule has 0 aliphatic heterocycles. The van der Waals surface area contributed by atoms with Gasteiger partial charge < -0.3 is 4.74 Å². The van der Waals surface area contributed by atoms with Gasteiger partial charge in [0.05, 0.1) is 27.7 Å². The molecule has 0 bridgehead atoms. The lowest BCUT2D eigenvalue weighted by molar-refractivity contribution is -0.394. The Morgan fingerprint density at radius 1 is 0.909 bits per heavy atom. The molecule has 0 aromatic heterocycles. The summed E-state index contributed by atoms with van der Waals surface area (Å²) in [7, 11) is 0. The molecule has 0 fully saturated rings. The zero-order valence-corrected chi connectivity index (χ0v) is 18.1. The molecular formula is C21H13BrN4O7. The zero-order valence-electron chi connectivity index (χ0n) is 16.5. The number of hydrogen-bond acceptors (Lipinski definition) is 8. The van der Waals surface area contributed by atoms with Gasteiger partial charge in [0, 0.05) is 27.7 Å². The van der Waals surface area contributed by atoms with Gasteiger partial charge in [-0.05, 0) is 30.3 Å². The zero-order chi connectivity index (χ0) is 24.0. The fourth-order valence-corrected chi connectivity index (χ4v) is 2.99. The minimum Gasteiger partial charge on any atom is -0.422 e. The molecule has 3 aromatic rings. The Balaban J connectivity index is 1.83. The van der Waals surface area contributed by atoms with Crippen LogP contribution >= 0.6 is 15.9 Å². The largest absolute Gasteiger partial charge is 0.422 e. The highest BCUT2D eigenvalue weighted by Gasteiger charge is 2.21. The van der Waals surface area contributed by atoms with E-state index in [2.05, 4.69) is 26.5 Å². The Labute approximate surface area is 194 Å². The van der Waals surface area contributed by atoms with E-state index in [1.54, 1.807) is 42.5 Å². The lowest BCUT2D eigenvalue weighted by Gasteiger charge is -2.08. The molecule has 0 heterocycles. The number of nitro benzene ring substituents is 2. The van der Waals surface area contributed by atoms with E-state index in [1.807, 2.05) is 0 Å². The molecule has 166 valence electrons. The van der Waals surface area contributed by atoms with Crippen molar-refractivity contribution in [2.75, 3.05) is 0 Å². The Hall–Kier alpha value is -4.45. The molecule has 0 aliphatic carbocycles. The summed E-state index contributed by atoms with van der Waals surface area (Å²) in [6, 6.07) is 15.4. The number of hydrazone groups is 1. The van der Waals surface area contributed by atoms with Crippen molar-refractivity contribution in [2.24, 2.45) is 5.10 Å². The summed E-state index contributed by atoms with van der Waals surface area (Å²) < 4.78 is 5.90. The van der Waals surface area contributed by atoms with Crippen LogP contribution in [0.2, 0.25) is 0 Å². The van der Waals surface area contributed by atoms with Crippen molar-refractivity contribution in [3.63, 3.8) is 0 Å². The average Bonchev–Trinajstić information content (AvgIpc) is 2.80. The molecule has 33 heavy (non-hydrogen) atoms. The van der Waals surface area contributed by atoms with Crippen molar-refractivity contribution in [1.29, 1.82) is 0 Å². The maximum atomic E-state index is 12.6. The van der Waals surface area contributed by atoms with Gasteiger partial charge in [0.1, 0.15) is 5.75 Å². The van der Waals surface area contributed by atoms with E-state index in [-0.39, 0.29) is 16.9 Å². The molecule has 0 unspecified atom stereocenters. The fourth-order valence-electron chi connectivity index (χ4n) is 2.61. The summed E-state index contributed by atoms with van der Waals surface area (Å²) in [5.41, 5.74) is 1.39. The highest BCUT2D eigenvalue weighted by atomic mass is 79.9. The number of nitrogens with one attached hydrogen (secondary N) is 1. The number of nitro groups is 2. The highest BCUT2D eigenvalue weighted by Crippen LogP contribution is 2.26. The first kappa shape index (κ1) is 23.2. The third-order valence-corrected chi connectivity index (χ3v) is 4.63. The maximum absolute atomic E-state index is 12.6. The maximum Gasteiger partial charge on any atom is 0.344 e. The van der Waals surface area contributed by atoms with E-state index in [1.165, 1.54) is 12.3 Å². The van der Waals surface area contributed by atoms with Crippen LogP contribution in [0.1, 0.15) is 26.3 Å². The number of esters is 1. The molecule has 0 radical (unpaired) electrons. The number of hydrogen-bond donors (Lipinski definition) is 1. The number of rotatable bonds is 7. The summed E-state index contributed by atoms with van der Waals surface area (Å²) in [5, 5.41) is 26.0. The number of ether oxygens (including phenoxy) is 1. The first-order chi connectivity index (χ1) is 15.7. The number of benzene rings is 3. The van der Waals surface area contributed by atoms with E-state index >= 15 is 0 Å². The molecular weight excluding hydrogens is 500 g/mol. The molecule has 1 N–H and O–H groups in total. The predicted octanol–water partition coefficient (Wildman–Crippen LogP) is 4.25. The predicted molar refractivity (Wildman–Crippen MR) is 120 cm³/mol. The number of halogens is 1. The molecule has 1 amide bonds. The summed E-state index contributed by atoms with van der Waals surface area (Å²) >= 11 is 3.28. The Bertz CT molecular complexity index is 1250.